The summed E-state index contributed by atoms with van der Waals surface area (Å²) in [6.07, 6.45) is 0.735. The van der Waals surface area contributed by atoms with Crippen LogP contribution in [0.3, 0.4) is 0 Å². The molecule has 0 spiro atoms. The van der Waals surface area contributed by atoms with E-state index in [0.29, 0.717) is 6.54 Å². The molecule has 16 heavy (non-hydrogen) atoms. The normalized spacial score (nSPS) is 20.1. The van der Waals surface area contributed by atoms with Crippen LogP contribution in [0.5, 0.6) is 0 Å². The average Bonchev–Trinajstić information content (AvgIpc) is 2.78. The third-order valence-corrected chi connectivity index (χ3v) is 2.92. The van der Waals surface area contributed by atoms with Gasteiger partial charge in [-0.3, -0.25) is 4.90 Å². The Bertz CT molecular complexity index is 375. The van der Waals surface area contributed by atoms with Crippen LogP contribution in [0, 0.1) is 0 Å². The molecule has 0 atom stereocenters. The molecule has 1 saturated heterocycles. The minimum Gasteiger partial charge on any atom is -0.389 e. The molecule has 0 aliphatic carbocycles. The Morgan fingerprint density at radius 2 is 2.06 bits per heavy atom. The van der Waals surface area contributed by atoms with Crippen molar-refractivity contribution in [3.8, 4) is 0 Å². The van der Waals surface area contributed by atoms with Gasteiger partial charge in [0.15, 0.2) is 0 Å². The van der Waals surface area contributed by atoms with Crippen molar-refractivity contribution in [2.24, 2.45) is 0 Å². The lowest BCUT2D eigenvalue weighted by Crippen LogP contribution is -2.18. The summed E-state index contributed by atoms with van der Waals surface area (Å²) in [4.78, 5) is 2.19. The van der Waals surface area contributed by atoms with Crippen molar-refractivity contribution in [1.29, 1.82) is 0 Å². The third kappa shape index (κ3) is 2.68. The molecule has 0 radical (unpaired) electrons. The SMILES string of the molecule is OC/C(F)=C1\CCN(Cc2ccccc2)C1. The molecule has 2 nitrogen and oxygen atoms in total. The van der Waals surface area contributed by atoms with Crippen LogP contribution in [0.2, 0.25) is 0 Å². The van der Waals surface area contributed by atoms with Crippen molar-refractivity contribution in [2.45, 2.75) is 13.0 Å². The Hall–Kier alpha value is -1.19. The van der Waals surface area contributed by atoms with Crippen LogP contribution in [-0.4, -0.2) is 29.7 Å². The van der Waals surface area contributed by atoms with Crippen molar-refractivity contribution < 1.29 is 9.50 Å². The Morgan fingerprint density at radius 3 is 2.75 bits per heavy atom. The average molecular weight is 221 g/mol. The molecule has 0 saturated carbocycles. The highest BCUT2D eigenvalue weighted by molar-refractivity contribution is 5.18. The van der Waals surface area contributed by atoms with E-state index in [2.05, 4.69) is 17.0 Å². The lowest BCUT2D eigenvalue weighted by atomic mass is 10.2. The first kappa shape index (κ1) is 11.3. The maximum Gasteiger partial charge on any atom is 0.126 e. The maximum absolute atomic E-state index is 13.2. The van der Waals surface area contributed by atoms with Crippen molar-refractivity contribution in [3.63, 3.8) is 0 Å². The van der Waals surface area contributed by atoms with Crippen LogP contribution >= 0.6 is 0 Å². The van der Waals surface area contributed by atoms with E-state index in [4.69, 9.17) is 5.11 Å². The zero-order valence-electron chi connectivity index (χ0n) is 9.19. The Balaban J connectivity index is 1.95. The molecule has 86 valence electrons. The molecule has 1 fully saturated rings. The number of aliphatic hydroxyl groups excluding tert-OH is 1. The molecule has 0 amide bonds. The van der Waals surface area contributed by atoms with Crippen LogP contribution < -0.4 is 0 Å². The van der Waals surface area contributed by atoms with Crippen molar-refractivity contribution in [1.82, 2.24) is 4.90 Å². The van der Waals surface area contributed by atoms with Crippen LogP contribution in [0.1, 0.15) is 12.0 Å². The first-order valence-corrected chi connectivity index (χ1v) is 5.53. The van der Waals surface area contributed by atoms with Crippen LogP contribution in [0.4, 0.5) is 4.39 Å². The largest absolute Gasteiger partial charge is 0.389 e. The zero-order valence-corrected chi connectivity index (χ0v) is 9.19. The molecule has 1 aromatic rings. The van der Waals surface area contributed by atoms with Crippen LogP contribution in [0.25, 0.3) is 0 Å². The van der Waals surface area contributed by atoms with E-state index in [1.807, 2.05) is 18.2 Å². The van der Waals surface area contributed by atoms with Gasteiger partial charge in [-0.05, 0) is 17.6 Å². The van der Waals surface area contributed by atoms with Crippen LogP contribution in [-0.2, 0) is 6.54 Å². The topological polar surface area (TPSA) is 23.5 Å². The van der Waals surface area contributed by atoms with Crippen molar-refractivity contribution in [2.75, 3.05) is 19.7 Å². The predicted molar refractivity (Wildman–Crippen MR) is 61.6 cm³/mol. The number of rotatable bonds is 3. The zero-order chi connectivity index (χ0) is 11.4. The Kier molecular flexibility index (Phi) is 3.70. The van der Waals surface area contributed by atoms with E-state index in [1.54, 1.807) is 0 Å². The summed E-state index contributed by atoms with van der Waals surface area (Å²) in [6, 6.07) is 10.2. The van der Waals surface area contributed by atoms with E-state index >= 15 is 0 Å². The molecule has 3 heteroatoms. The smallest absolute Gasteiger partial charge is 0.126 e. The summed E-state index contributed by atoms with van der Waals surface area (Å²) in [5.41, 5.74) is 1.99. The highest BCUT2D eigenvalue weighted by Crippen LogP contribution is 2.21. The molecule has 1 aliphatic heterocycles. The first-order chi connectivity index (χ1) is 7.79. The number of likely N-dealkylation sites (tertiary alicyclic amines) is 1. The van der Waals surface area contributed by atoms with E-state index < -0.39 is 6.61 Å². The number of nitrogens with zero attached hydrogens (tertiary/aromatic N) is 1. The summed E-state index contributed by atoms with van der Waals surface area (Å²) in [5.74, 6) is -0.351. The molecule has 0 aromatic heterocycles. The number of hydrogen-bond acceptors (Lipinski definition) is 2. The molecular formula is C13H16FNO. The molecule has 0 bridgehead atoms. The first-order valence-electron chi connectivity index (χ1n) is 5.53. The molecule has 1 N–H and O–H groups in total. The number of hydrogen-bond donors (Lipinski definition) is 1. The fraction of sp³-hybridized carbons (Fsp3) is 0.385. The Morgan fingerprint density at radius 1 is 1.31 bits per heavy atom. The van der Waals surface area contributed by atoms with E-state index in [9.17, 15) is 4.39 Å². The van der Waals surface area contributed by atoms with E-state index in [1.165, 1.54) is 5.56 Å². The number of aliphatic hydroxyl groups is 1. The quantitative estimate of drug-likeness (QED) is 0.845. The van der Waals surface area contributed by atoms with Crippen molar-refractivity contribution >= 4 is 0 Å². The lowest BCUT2D eigenvalue weighted by Gasteiger charge is -2.14. The second-order valence-corrected chi connectivity index (χ2v) is 4.11. The minimum atomic E-state index is -0.464. The fourth-order valence-electron chi connectivity index (χ4n) is 2.03. The lowest BCUT2D eigenvalue weighted by molar-refractivity contribution is 0.293. The van der Waals surface area contributed by atoms with E-state index in [0.717, 1.165) is 25.1 Å². The maximum atomic E-state index is 13.2. The second-order valence-electron chi connectivity index (χ2n) is 4.11. The van der Waals surface area contributed by atoms with Gasteiger partial charge in [0, 0.05) is 19.6 Å². The van der Waals surface area contributed by atoms with Gasteiger partial charge in [-0.1, -0.05) is 30.3 Å². The van der Waals surface area contributed by atoms with Gasteiger partial charge in [-0.15, -0.1) is 0 Å². The molecule has 2 rings (SSSR count). The third-order valence-electron chi connectivity index (χ3n) is 2.92. The summed E-state index contributed by atoms with van der Waals surface area (Å²) in [6.45, 7) is 1.90. The van der Waals surface area contributed by atoms with Gasteiger partial charge < -0.3 is 5.11 Å². The number of halogens is 1. The molecule has 1 aliphatic rings. The van der Waals surface area contributed by atoms with E-state index in [-0.39, 0.29) is 5.83 Å². The van der Waals surface area contributed by atoms with Crippen LogP contribution in [0.15, 0.2) is 41.7 Å². The summed E-state index contributed by atoms with van der Waals surface area (Å²) < 4.78 is 13.2. The van der Waals surface area contributed by atoms with Gasteiger partial charge >= 0.3 is 0 Å². The second kappa shape index (κ2) is 5.23. The number of benzene rings is 1. The molecule has 1 heterocycles. The highest BCUT2D eigenvalue weighted by atomic mass is 19.1. The summed E-state index contributed by atoms with van der Waals surface area (Å²) in [5, 5.41) is 8.72. The van der Waals surface area contributed by atoms with Gasteiger partial charge in [0.25, 0.3) is 0 Å². The predicted octanol–water partition coefficient (Wildman–Crippen LogP) is 2.11. The molecular weight excluding hydrogens is 205 g/mol. The fourth-order valence-corrected chi connectivity index (χ4v) is 2.03. The highest BCUT2D eigenvalue weighted by Gasteiger charge is 2.19. The molecule has 1 aromatic carbocycles. The van der Waals surface area contributed by atoms with Gasteiger partial charge in [0.05, 0.1) is 6.61 Å². The van der Waals surface area contributed by atoms with Gasteiger partial charge in [0.2, 0.25) is 0 Å². The van der Waals surface area contributed by atoms with Crippen molar-refractivity contribution in [3.05, 3.63) is 47.3 Å². The standard InChI is InChI=1S/C13H16FNO/c14-13(10-16)12-6-7-15(9-12)8-11-4-2-1-3-5-11/h1-5,16H,6-10H2/b13-12-. The summed E-state index contributed by atoms with van der Waals surface area (Å²) >= 11 is 0. The van der Waals surface area contributed by atoms with Gasteiger partial charge in [-0.25, -0.2) is 4.39 Å². The van der Waals surface area contributed by atoms with Gasteiger partial charge in [0.1, 0.15) is 5.83 Å². The summed E-state index contributed by atoms with van der Waals surface area (Å²) in [7, 11) is 0. The Labute approximate surface area is 95.0 Å². The molecule has 0 unspecified atom stereocenters. The van der Waals surface area contributed by atoms with Gasteiger partial charge in [-0.2, -0.15) is 0 Å². The monoisotopic (exact) mass is 221 g/mol. The minimum absolute atomic E-state index is 0.351.